The van der Waals surface area contributed by atoms with E-state index in [0.717, 1.165) is 12.8 Å². The van der Waals surface area contributed by atoms with E-state index in [0.29, 0.717) is 18.4 Å². The van der Waals surface area contributed by atoms with E-state index in [1.165, 1.54) is 6.42 Å². The molecule has 0 spiro atoms. The summed E-state index contributed by atoms with van der Waals surface area (Å²) < 4.78 is 5.30. The van der Waals surface area contributed by atoms with Gasteiger partial charge in [-0.2, -0.15) is 0 Å². The number of hydrogen-bond acceptors (Lipinski definition) is 4. The highest BCUT2D eigenvalue weighted by atomic mass is 16.6. The third-order valence-corrected chi connectivity index (χ3v) is 3.13. The summed E-state index contributed by atoms with van der Waals surface area (Å²) in [6, 6.07) is 0. The van der Waals surface area contributed by atoms with E-state index in [9.17, 15) is 9.90 Å². The minimum Gasteiger partial charge on any atom is -0.460 e. The predicted octanol–water partition coefficient (Wildman–Crippen LogP) is 1.06. The lowest BCUT2D eigenvalue weighted by atomic mass is 9.82. The van der Waals surface area contributed by atoms with Crippen LogP contribution in [0.3, 0.4) is 0 Å². The second-order valence-electron chi connectivity index (χ2n) is 5.07. The number of esters is 1. The first-order valence-electron chi connectivity index (χ1n) is 6.11. The third-order valence-electron chi connectivity index (χ3n) is 3.13. The largest absolute Gasteiger partial charge is 0.460 e. The molecule has 1 saturated carbocycles. The maximum atomic E-state index is 11.5. The summed E-state index contributed by atoms with van der Waals surface area (Å²) in [5, 5.41) is 9.43. The van der Waals surface area contributed by atoms with Gasteiger partial charge in [0, 0.05) is 0 Å². The fourth-order valence-corrected chi connectivity index (χ4v) is 2.49. The Balaban J connectivity index is 2.38. The summed E-state index contributed by atoms with van der Waals surface area (Å²) in [6.07, 6.45) is 2.20. The number of nitrogens with two attached hydrogens (primary N) is 1. The van der Waals surface area contributed by atoms with Gasteiger partial charge in [0.15, 0.2) is 6.10 Å². The molecule has 3 atom stereocenters. The molecule has 0 bridgehead atoms. The minimum atomic E-state index is -1.06. The molecule has 16 heavy (non-hydrogen) atoms. The number of ether oxygens (including phenoxy) is 1. The first-order chi connectivity index (χ1) is 7.52. The molecule has 0 saturated heterocycles. The van der Waals surface area contributed by atoms with Crippen molar-refractivity contribution in [2.24, 2.45) is 17.6 Å². The molecule has 0 heterocycles. The number of carbonyl (C=O) groups is 1. The Labute approximate surface area is 97.2 Å². The first kappa shape index (κ1) is 13.5. The Morgan fingerprint density at radius 1 is 1.38 bits per heavy atom. The van der Waals surface area contributed by atoms with Crippen molar-refractivity contribution in [3.63, 3.8) is 0 Å². The summed E-state index contributed by atoms with van der Waals surface area (Å²) in [5.74, 6) is 0.665. The second kappa shape index (κ2) is 6.21. The Morgan fingerprint density at radius 3 is 2.44 bits per heavy atom. The molecule has 0 aromatic carbocycles. The van der Waals surface area contributed by atoms with Crippen LogP contribution in [-0.2, 0) is 9.53 Å². The summed E-state index contributed by atoms with van der Waals surface area (Å²) in [7, 11) is 0. The molecule has 1 aliphatic rings. The molecule has 3 unspecified atom stereocenters. The number of rotatable bonds is 4. The van der Waals surface area contributed by atoms with Gasteiger partial charge in [-0.05, 0) is 44.1 Å². The third kappa shape index (κ3) is 4.10. The molecular weight excluding hydrogens is 206 g/mol. The second-order valence-corrected chi connectivity index (χ2v) is 5.07. The molecular formula is C12H23NO3. The van der Waals surface area contributed by atoms with Crippen molar-refractivity contribution in [3.05, 3.63) is 0 Å². The van der Waals surface area contributed by atoms with Gasteiger partial charge in [-0.1, -0.05) is 13.8 Å². The van der Waals surface area contributed by atoms with Crippen molar-refractivity contribution in [2.75, 3.05) is 6.54 Å². The van der Waals surface area contributed by atoms with E-state index in [4.69, 9.17) is 10.5 Å². The van der Waals surface area contributed by atoms with Crippen molar-refractivity contribution in [3.8, 4) is 0 Å². The summed E-state index contributed by atoms with van der Waals surface area (Å²) >= 11 is 0. The zero-order valence-electron chi connectivity index (χ0n) is 10.2. The van der Waals surface area contributed by atoms with Gasteiger partial charge in [-0.25, -0.2) is 4.79 Å². The number of aliphatic hydroxyl groups excluding tert-OH is 1. The van der Waals surface area contributed by atoms with E-state index < -0.39 is 12.1 Å². The van der Waals surface area contributed by atoms with Crippen LogP contribution in [-0.4, -0.2) is 29.8 Å². The highest BCUT2D eigenvalue weighted by molar-refractivity contribution is 5.74. The molecule has 0 aliphatic heterocycles. The molecule has 3 N–H and O–H groups in total. The van der Waals surface area contributed by atoms with E-state index in [1.54, 1.807) is 0 Å². The summed E-state index contributed by atoms with van der Waals surface area (Å²) in [4.78, 5) is 11.5. The number of carbonyl (C=O) groups excluding carboxylic acids is 1. The molecule has 1 rings (SSSR count). The standard InChI is InChI=1S/C12H23NO3/c1-8-5-9(2)7-10(6-8)16-12(15)11(14)3-4-13/h8-11,14H,3-7,13H2,1-2H3. The fourth-order valence-electron chi connectivity index (χ4n) is 2.49. The Hall–Kier alpha value is -0.610. The van der Waals surface area contributed by atoms with Crippen LogP contribution in [0.25, 0.3) is 0 Å². The Kier molecular flexibility index (Phi) is 5.22. The van der Waals surface area contributed by atoms with Gasteiger partial charge in [0.1, 0.15) is 6.10 Å². The van der Waals surface area contributed by atoms with Crippen molar-refractivity contribution in [1.82, 2.24) is 0 Å². The van der Waals surface area contributed by atoms with Crippen LogP contribution < -0.4 is 5.73 Å². The van der Waals surface area contributed by atoms with E-state index in [2.05, 4.69) is 13.8 Å². The number of aliphatic hydroxyl groups is 1. The van der Waals surface area contributed by atoms with Crippen LogP contribution in [0.5, 0.6) is 0 Å². The van der Waals surface area contributed by atoms with Gasteiger partial charge < -0.3 is 15.6 Å². The van der Waals surface area contributed by atoms with Crippen molar-refractivity contribution in [1.29, 1.82) is 0 Å². The average Bonchev–Trinajstić information content (AvgIpc) is 2.16. The normalized spacial score (nSPS) is 32.1. The van der Waals surface area contributed by atoms with Gasteiger partial charge in [0.05, 0.1) is 0 Å². The minimum absolute atomic E-state index is 0.0290. The highest BCUT2D eigenvalue weighted by Gasteiger charge is 2.28. The highest BCUT2D eigenvalue weighted by Crippen LogP contribution is 2.30. The van der Waals surface area contributed by atoms with Crippen LogP contribution >= 0.6 is 0 Å². The van der Waals surface area contributed by atoms with E-state index in [-0.39, 0.29) is 12.5 Å². The van der Waals surface area contributed by atoms with Crippen LogP contribution in [0.15, 0.2) is 0 Å². The van der Waals surface area contributed by atoms with Gasteiger partial charge in [0.25, 0.3) is 0 Å². The summed E-state index contributed by atoms with van der Waals surface area (Å²) in [6.45, 7) is 4.65. The van der Waals surface area contributed by atoms with Gasteiger partial charge in [-0.15, -0.1) is 0 Å². The Morgan fingerprint density at radius 2 is 1.94 bits per heavy atom. The molecule has 1 fully saturated rings. The van der Waals surface area contributed by atoms with Crippen molar-refractivity contribution < 1.29 is 14.6 Å². The molecule has 94 valence electrons. The van der Waals surface area contributed by atoms with E-state index >= 15 is 0 Å². The quantitative estimate of drug-likeness (QED) is 0.707. The molecule has 4 heteroatoms. The van der Waals surface area contributed by atoms with Gasteiger partial charge in [-0.3, -0.25) is 0 Å². The molecule has 0 amide bonds. The zero-order chi connectivity index (χ0) is 12.1. The summed E-state index contributed by atoms with van der Waals surface area (Å²) in [5.41, 5.74) is 5.28. The van der Waals surface area contributed by atoms with E-state index in [1.807, 2.05) is 0 Å². The van der Waals surface area contributed by atoms with Crippen LogP contribution in [0, 0.1) is 11.8 Å². The monoisotopic (exact) mass is 229 g/mol. The molecule has 0 aromatic heterocycles. The molecule has 1 aliphatic carbocycles. The lowest BCUT2D eigenvalue weighted by Crippen LogP contribution is -2.33. The lowest BCUT2D eigenvalue weighted by molar-refractivity contribution is -0.162. The van der Waals surface area contributed by atoms with Gasteiger partial charge >= 0.3 is 5.97 Å². The molecule has 4 nitrogen and oxygen atoms in total. The zero-order valence-corrected chi connectivity index (χ0v) is 10.2. The Bertz CT molecular complexity index is 222. The first-order valence-corrected chi connectivity index (χ1v) is 6.11. The fraction of sp³-hybridized carbons (Fsp3) is 0.917. The smallest absolute Gasteiger partial charge is 0.335 e. The van der Waals surface area contributed by atoms with Crippen LogP contribution in [0.1, 0.15) is 39.5 Å². The van der Waals surface area contributed by atoms with Crippen molar-refractivity contribution in [2.45, 2.75) is 51.7 Å². The maximum Gasteiger partial charge on any atom is 0.335 e. The maximum absolute atomic E-state index is 11.5. The average molecular weight is 229 g/mol. The molecule has 0 radical (unpaired) electrons. The van der Waals surface area contributed by atoms with Crippen molar-refractivity contribution >= 4 is 5.97 Å². The van der Waals surface area contributed by atoms with Crippen LogP contribution in [0.4, 0.5) is 0 Å². The van der Waals surface area contributed by atoms with Gasteiger partial charge in [0.2, 0.25) is 0 Å². The lowest BCUT2D eigenvalue weighted by Gasteiger charge is -2.31. The topological polar surface area (TPSA) is 72.5 Å². The van der Waals surface area contributed by atoms with Crippen LogP contribution in [0.2, 0.25) is 0 Å². The predicted molar refractivity (Wildman–Crippen MR) is 61.7 cm³/mol. The number of hydrogen-bond donors (Lipinski definition) is 2. The molecule has 0 aromatic rings. The SMILES string of the molecule is CC1CC(C)CC(OC(=O)C(O)CCN)C1.